The molecular formula is C31H28N4O6. The number of hydrogen-bond acceptors (Lipinski definition) is 9. The van der Waals surface area contributed by atoms with Crippen LogP contribution in [0.25, 0.3) is 33.7 Å². The van der Waals surface area contributed by atoms with E-state index in [1.54, 1.807) is 6.07 Å². The highest BCUT2D eigenvalue weighted by atomic mass is 16.6. The summed E-state index contributed by atoms with van der Waals surface area (Å²) in [5.74, 6) is 2.34. The van der Waals surface area contributed by atoms with Crippen LogP contribution in [0.2, 0.25) is 0 Å². The van der Waals surface area contributed by atoms with E-state index in [0.29, 0.717) is 58.6 Å². The first-order valence-electron chi connectivity index (χ1n) is 13.3. The lowest BCUT2D eigenvalue weighted by atomic mass is 9.95. The number of aromatic nitrogens is 1. The van der Waals surface area contributed by atoms with Crippen molar-refractivity contribution in [3.63, 3.8) is 0 Å². The molecule has 0 bridgehead atoms. The van der Waals surface area contributed by atoms with Gasteiger partial charge < -0.3 is 23.7 Å². The molecule has 0 saturated carbocycles. The summed E-state index contributed by atoms with van der Waals surface area (Å²) >= 11 is 0. The molecule has 41 heavy (non-hydrogen) atoms. The van der Waals surface area contributed by atoms with Gasteiger partial charge >= 0.3 is 0 Å². The van der Waals surface area contributed by atoms with Gasteiger partial charge in [-0.3, -0.25) is 9.69 Å². The first-order chi connectivity index (χ1) is 20.1. The van der Waals surface area contributed by atoms with Gasteiger partial charge in [0.1, 0.15) is 36.6 Å². The molecule has 1 N–H and O–H groups in total. The Bertz CT molecular complexity index is 1630. The van der Waals surface area contributed by atoms with Crippen LogP contribution in [-0.2, 0) is 11.3 Å². The number of piperidine rings is 1. The van der Waals surface area contributed by atoms with E-state index in [1.165, 1.54) is 19.3 Å². The van der Waals surface area contributed by atoms with Gasteiger partial charge in [-0.1, -0.05) is 24.6 Å². The first-order valence-corrected chi connectivity index (χ1v) is 13.3. The molecule has 2 aliphatic rings. The molecule has 1 saturated heterocycles. The third-order valence-corrected chi connectivity index (χ3v) is 6.97. The average Bonchev–Trinajstić information content (AvgIpc) is 3.43. The monoisotopic (exact) mass is 552 g/mol. The topological polar surface area (TPSA) is 142 Å². The van der Waals surface area contributed by atoms with E-state index in [1.807, 2.05) is 48.5 Å². The summed E-state index contributed by atoms with van der Waals surface area (Å²) in [6.45, 7) is 3.52. The molecule has 10 heteroatoms. The molecule has 0 atom stereocenters. The van der Waals surface area contributed by atoms with Gasteiger partial charge in [0.2, 0.25) is 5.89 Å². The number of fused-ring (bicyclic) bond motifs is 2. The first kappa shape index (κ1) is 27.5. The zero-order valence-electron chi connectivity index (χ0n) is 22.3. The maximum Gasteiger partial charge on any atom is 0.290 e. The Balaban J connectivity index is 0.00000108. The second kappa shape index (κ2) is 12.9. The predicted octanol–water partition coefficient (Wildman–Crippen LogP) is 5.39. The molecule has 0 amide bonds. The number of oxazole rings is 1. The number of nitriles is 2. The lowest BCUT2D eigenvalue weighted by molar-refractivity contribution is -0.122. The van der Waals surface area contributed by atoms with E-state index in [9.17, 15) is 5.26 Å². The summed E-state index contributed by atoms with van der Waals surface area (Å²) in [6.07, 6.45) is 3.62. The highest BCUT2D eigenvalue weighted by Gasteiger charge is 2.21. The summed E-state index contributed by atoms with van der Waals surface area (Å²) in [7, 11) is 0. The number of benzene rings is 3. The van der Waals surface area contributed by atoms with Crippen molar-refractivity contribution in [1.82, 2.24) is 9.88 Å². The van der Waals surface area contributed by atoms with Crippen LogP contribution in [0, 0.1) is 22.7 Å². The SMILES string of the molecule is N#CCOc1cc2oc(-c3cccc(-c4ccc5c(c4)OCCO5)c3C#N)nc2cc1CN1CCCCC1.O=CO. The van der Waals surface area contributed by atoms with Crippen molar-refractivity contribution in [3.8, 4) is 52.0 Å². The van der Waals surface area contributed by atoms with Crippen molar-refractivity contribution in [2.45, 2.75) is 25.8 Å². The fraction of sp³-hybridized carbons (Fsp3) is 0.290. The lowest BCUT2D eigenvalue weighted by Gasteiger charge is -2.27. The predicted molar refractivity (Wildman–Crippen MR) is 150 cm³/mol. The van der Waals surface area contributed by atoms with Crippen LogP contribution in [0.15, 0.2) is 52.9 Å². The molecule has 4 aromatic rings. The normalized spacial score (nSPS) is 14.3. The van der Waals surface area contributed by atoms with Crippen LogP contribution < -0.4 is 14.2 Å². The number of likely N-dealkylation sites (tertiary alicyclic amines) is 1. The maximum absolute atomic E-state index is 10.2. The quantitative estimate of drug-likeness (QED) is 0.309. The van der Waals surface area contributed by atoms with E-state index in [2.05, 4.69) is 11.0 Å². The fourth-order valence-corrected chi connectivity index (χ4v) is 5.14. The Hall–Kier alpha value is -5.06. The Morgan fingerprint density at radius 3 is 2.51 bits per heavy atom. The number of nitrogens with zero attached hydrogens (tertiary/aromatic N) is 4. The van der Waals surface area contributed by atoms with E-state index in [4.69, 9.17) is 38.8 Å². The standard InChI is InChI=1S/C30H26N4O4.CH2O2/c31-9-12-35-27-17-28-25(15-21(27)19-34-10-2-1-3-11-34)33-30(38-28)23-6-4-5-22(24(23)18-32)20-7-8-26-29(16-20)37-14-13-36-26;2-1-3/h4-8,15-17H,1-3,10-14,19H2;1H,(H,2,3). The third-order valence-electron chi connectivity index (χ3n) is 6.97. The van der Waals surface area contributed by atoms with Crippen LogP contribution in [0.3, 0.4) is 0 Å². The van der Waals surface area contributed by atoms with E-state index in [-0.39, 0.29) is 13.1 Å². The zero-order valence-corrected chi connectivity index (χ0v) is 22.3. The van der Waals surface area contributed by atoms with Crippen LogP contribution in [0.1, 0.15) is 30.4 Å². The van der Waals surface area contributed by atoms with Gasteiger partial charge in [0.15, 0.2) is 23.7 Å². The molecule has 3 heterocycles. The molecule has 0 spiro atoms. The summed E-state index contributed by atoms with van der Waals surface area (Å²) < 4.78 is 23.3. The van der Waals surface area contributed by atoms with Gasteiger partial charge in [0, 0.05) is 23.7 Å². The maximum atomic E-state index is 10.2. The third kappa shape index (κ3) is 6.08. The van der Waals surface area contributed by atoms with E-state index >= 15 is 0 Å². The fourth-order valence-electron chi connectivity index (χ4n) is 5.14. The van der Waals surface area contributed by atoms with Gasteiger partial charge in [-0.05, 0) is 55.8 Å². The minimum Gasteiger partial charge on any atom is -0.486 e. The molecule has 2 aliphatic heterocycles. The van der Waals surface area contributed by atoms with Crippen LogP contribution >= 0.6 is 0 Å². The molecule has 1 fully saturated rings. The summed E-state index contributed by atoms with van der Waals surface area (Å²) in [5.41, 5.74) is 4.88. The highest BCUT2D eigenvalue weighted by Crippen LogP contribution is 2.39. The molecular weight excluding hydrogens is 524 g/mol. The summed E-state index contributed by atoms with van der Waals surface area (Å²) in [5, 5.41) is 26.1. The van der Waals surface area contributed by atoms with Crippen molar-refractivity contribution in [3.05, 3.63) is 59.7 Å². The molecule has 10 nitrogen and oxygen atoms in total. The second-order valence-corrected chi connectivity index (χ2v) is 9.53. The van der Waals surface area contributed by atoms with Gasteiger partial charge in [0.25, 0.3) is 6.47 Å². The molecule has 3 aromatic carbocycles. The van der Waals surface area contributed by atoms with Crippen LogP contribution in [0.4, 0.5) is 0 Å². The molecule has 6 rings (SSSR count). The Labute approximate surface area is 236 Å². The van der Waals surface area contributed by atoms with Gasteiger partial charge in [-0.25, -0.2) is 4.98 Å². The van der Waals surface area contributed by atoms with Crippen LogP contribution in [-0.4, -0.2) is 54.4 Å². The van der Waals surface area contributed by atoms with E-state index in [0.717, 1.165) is 36.3 Å². The summed E-state index contributed by atoms with van der Waals surface area (Å²) in [6, 6.07) is 19.5. The van der Waals surface area contributed by atoms with Crippen molar-refractivity contribution >= 4 is 17.6 Å². The van der Waals surface area contributed by atoms with Gasteiger partial charge in [-0.15, -0.1) is 0 Å². The van der Waals surface area contributed by atoms with Gasteiger partial charge in [0.05, 0.1) is 11.1 Å². The Kier molecular flexibility index (Phi) is 8.63. The van der Waals surface area contributed by atoms with E-state index < -0.39 is 0 Å². The number of carboxylic acid groups (broad SMARTS) is 1. The Morgan fingerprint density at radius 1 is 1.00 bits per heavy atom. The lowest BCUT2D eigenvalue weighted by Crippen LogP contribution is -2.29. The van der Waals surface area contributed by atoms with Crippen molar-refractivity contribution < 1.29 is 28.5 Å². The molecule has 0 radical (unpaired) electrons. The molecule has 1 aromatic heterocycles. The summed E-state index contributed by atoms with van der Waals surface area (Å²) in [4.78, 5) is 15.5. The molecule has 0 aliphatic carbocycles. The number of carbonyl (C=O) groups is 1. The van der Waals surface area contributed by atoms with Crippen molar-refractivity contribution in [1.29, 1.82) is 10.5 Å². The molecule has 0 unspecified atom stereocenters. The van der Waals surface area contributed by atoms with Crippen molar-refractivity contribution in [2.75, 3.05) is 32.9 Å². The average molecular weight is 553 g/mol. The minimum absolute atomic E-state index is 0.0460. The van der Waals surface area contributed by atoms with Crippen LogP contribution in [0.5, 0.6) is 17.2 Å². The Morgan fingerprint density at radius 2 is 1.76 bits per heavy atom. The smallest absolute Gasteiger partial charge is 0.290 e. The number of hydrogen-bond donors (Lipinski definition) is 1. The van der Waals surface area contributed by atoms with Gasteiger partial charge in [-0.2, -0.15) is 10.5 Å². The number of ether oxygens (including phenoxy) is 3. The minimum atomic E-state index is -0.250. The number of rotatable bonds is 6. The second-order valence-electron chi connectivity index (χ2n) is 9.53. The highest BCUT2D eigenvalue weighted by molar-refractivity contribution is 5.84. The zero-order chi connectivity index (χ0) is 28.6. The molecule has 208 valence electrons. The largest absolute Gasteiger partial charge is 0.486 e. The van der Waals surface area contributed by atoms with Crippen molar-refractivity contribution in [2.24, 2.45) is 0 Å².